The highest BCUT2D eigenvalue weighted by atomic mass is 19.4. The zero-order valence-corrected chi connectivity index (χ0v) is 8.89. The van der Waals surface area contributed by atoms with Crippen LogP contribution in [0.4, 0.5) is 17.6 Å². The third-order valence-electron chi connectivity index (χ3n) is 2.71. The molecule has 92 valence electrons. The molecule has 17 heavy (non-hydrogen) atoms. The van der Waals surface area contributed by atoms with Gasteiger partial charge in [-0.25, -0.2) is 4.39 Å². The monoisotopic (exact) mass is 245 g/mol. The minimum Gasteiger partial charge on any atom is -0.315 e. The maximum absolute atomic E-state index is 13.4. The van der Waals surface area contributed by atoms with Crippen LogP contribution in [0.2, 0.25) is 0 Å². The van der Waals surface area contributed by atoms with Crippen LogP contribution in [0.15, 0.2) is 24.3 Å². The van der Waals surface area contributed by atoms with Gasteiger partial charge in [-0.15, -0.1) is 0 Å². The number of alkyl halides is 3. The Morgan fingerprint density at radius 3 is 2.47 bits per heavy atom. The van der Waals surface area contributed by atoms with E-state index in [-0.39, 0.29) is 11.5 Å². The van der Waals surface area contributed by atoms with E-state index in [0.717, 1.165) is 31.3 Å². The summed E-state index contributed by atoms with van der Waals surface area (Å²) in [4.78, 5) is 0. The molecule has 1 saturated heterocycles. The highest BCUT2D eigenvalue weighted by Crippen LogP contribution is 2.33. The number of hydrogen-bond donors (Lipinski definition) is 1. The van der Waals surface area contributed by atoms with Gasteiger partial charge in [-0.3, -0.25) is 0 Å². The van der Waals surface area contributed by atoms with Crippen molar-refractivity contribution >= 4 is 6.08 Å². The number of halogens is 4. The lowest BCUT2D eigenvalue weighted by molar-refractivity contribution is -0.137. The molecule has 0 bridgehead atoms. The molecule has 0 radical (unpaired) electrons. The van der Waals surface area contributed by atoms with Crippen molar-refractivity contribution in [3.05, 3.63) is 41.2 Å². The Balaban J connectivity index is 2.33. The van der Waals surface area contributed by atoms with E-state index in [4.69, 9.17) is 0 Å². The van der Waals surface area contributed by atoms with E-state index >= 15 is 0 Å². The van der Waals surface area contributed by atoms with Crippen molar-refractivity contribution < 1.29 is 17.6 Å². The van der Waals surface area contributed by atoms with Gasteiger partial charge < -0.3 is 5.32 Å². The minimum atomic E-state index is -4.53. The summed E-state index contributed by atoms with van der Waals surface area (Å²) in [6.45, 7) is 1.46. The van der Waals surface area contributed by atoms with Crippen LogP contribution in [0, 0.1) is 11.7 Å². The maximum Gasteiger partial charge on any atom is 0.417 e. The topological polar surface area (TPSA) is 12.0 Å². The van der Waals surface area contributed by atoms with Crippen LogP contribution >= 0.6 is 0 Å². The Morgan fingerprint density at radius 2 is 1.94 bits per heavy atom. The Labute approximate surface area is 96.1 Å². The first-order chi connectivity index (χ1) is 7.98. The fourth-order valence-corrected chi connectivity index (χ4v) is 1.63. The number of benzene rings is 1. The smallest absolute Gasteiger partial charge is 0.315 e. The molecule has 1 heterocycles. The standard InChI is InChI=1S/C12H11F4N/c13-11-3-1-2-10(12(14,15)16)9(11)5-4-8-6-17-7-8/h1-5,8,17H,6-7H2/b5-4+. The van der Waals surface area contributed by atoms with E-state index in [9.17, 15) is 17.6 Å². The Kier molecular flexibility index (Phi) is 3.19. The van der Waals surface area contributed by atoms with Gasteiger partial charge >= 0.3 is 6.18 Å². The third-order valence-corrected chi connectivity index (χ3v) is 2.71. The van der Waals surface area contributed by atoms with E-state index in [2.05, 4.69) is 5.32 Å². The second kappa shape index (κ2) is 4.49. The summed E-state index contributed by atoms with van der Waals surface area (Å²) >= 11 is 0. The first-order valence-electron chi connectivity index (χ1n) is 5.23. The second-order valence-electron chi connectivity index (χ2n) is 3.98. The lowest BCUT2D eigenvalue weighted by atomic mass is 9.99. The van der Waals surface area contributed by atoms with Gasteiger partial charge in [0.1, 0.15) is 5.82 Å². The number of rotatable bonds is 2. The summed E-state index contributed by atoms with van der Waals surface area (Å²) in [5.41, 5.74) is -1.31. The first-order valence-corrected chi connectivity index (χ1v) is 5.23. The van der Waals surface area contributed by atoms with E-state index in [1.165, 1.54) is 6.08 Å². The van der Waals surface area contributed by atoms with Gasteiger partial charge in [0, 0.05) is 24.6 Å². The molecule has 1 aliphatic rings. The molecule has 2 rings (SSSR count). The molecule has 1 aliphatic heterocycles. The lowest BCUT2D eigenvalue weighted by Gasteiger charge is -2.23. The quantitative estimate of drug-likeness (QED) is 0.789. The van der Waals surface area contributed by atoms with Crippen LogP contribution in [0.25, 0.3) is 6.08 Å². The van der Waals surface area contributed by atoms with Crippen molar-refractivity contribution in [1.82, 2.24) is 5.32 Å². The third kappa shape index (κ3) is 2.66. The van der Waals surface area contributed by atoms with E-state index < -0.39 is 17.6 Å². The van der Waals surface area contributed by atoms with E-state index in [1.54, 1.807) is 6.08 Å². The largest absolute Gasteiger partial charge is 0.417 e. The molecule has 0 aromatic heterocycles. The molecule has 1 aromatic rings. The molecule has 0 spiro atoms. The maximum atomic E-state index is 13.4. The highest BCUT2D eigenvalue weighted by Gasteiger charge is 2.33. The van der Waals surface area contributed by atoms with Crippen molar-refractivity contribution in [2.75, 3.05) is 13.1 Å². The van der Waals surface area contributed by atoms with Gasteiger partial charge in [-0.1, -0.05) is 18.2 Å². The first kappa shape index (κ1) is 12.1. The molecular weight excluding hydrogens is 234 g/mol. The van der Waals surface area contributed by atoms with Crippen LogP contribution < -0.4 is 5.32 Å². The van der Waals surface area contributed by atoms with Crippen molar-refractivity contribution in [2.24, 2.45) is 5.92 Å². The van der Waals surface area contributed by atoms with Gasteiger partial charge in [0.2, 0.25) is 0 Å². The molecule has 1 nitrogen and oxygen atoms in total. The summed E-state index contributed by atoms with van der Waals surface area (Å²) in [7, 11) is 0. The summed E-state index contributed by atoms with van der Waals surface area (Å²) in [6.07, 6.45) is -1.69. The molecular formula is C12H11F4N. The zero-order valence-electron chi connectivity index (χ0n) is 8.89. The average molecular weight is 245 g/mol. The zero-order chi connectivity index (χ0) is 12.5. The molecule has 1 N–H and O–H groups in total. The molecule has 0 aliphatic carbocycles. The predicted octanol–water partition coefficient (Wildman–Crippen LogP) is 3.08. The minimum absolute atomic E-state index is 0.190. The molecule has 0 amide bonds. The van der Waals surface area contributed by atoms with Crippen LogP contribution in [0.1, 0.15) is 11.1 Å². The average Bonchev–Trinajstić information content (AvgIpc) is 2.16. The fourth-order valence-electron chi connectivity index (χ4n) is 1.63. The van der Waals surface area contributed by atoms with Crippen molar-refractivity contribution in [3.63, 3.8) is 0 Å². The molecule has 0 unspecified atom stereocenters. The van der Waals surface area contributed by atoms with Gasteiger partial charge in [-0.05, 0) is 12.1 Å². The van der Waals surface area contributed by atoms with Crippen molar-refractivity contribution in [1.29, 1.82) is 0 Å². The second-order valence-corrected chi connectivity index (χ2v) is 3.98. The van der Waals surface area contributed by atoms with Crippen LogP contribution in [0.5, 0.6) is 0 Å². The number of hydrogen-bond acceptors (Lipinski definition) is 1. The van der Waals surface area contributed by atoms with Crippen LogP contribution in [-0.4, -0.2) is 13.1 Å². The van der Waals surface area contributed by atoms with Gasteiger partial charge in [-0.2, -0.15) is 13.2 Å². The SMILES string of the molecule is Fc1cccc(C(F)(F)F)c1/C=C/C1CNC1. The fraction of sp³-hybridized carbons (Fsp3) is 0.333. The van der Waals surface area contributed by atoms with Gasteiger partial charge in [0.25, 0.3) is 0 Å². The summed E-state index contributed by atoms with van der Waals surface area (Å²) in [5.74, 6) is -0.654. The van der Waals surface area contributed by atoms with Gasteiger partial charge in [0.15, 0.2) is 0 Å². The molecule has 1 aromatic carbocycles. The van der Waals surface area contributed by atoms with Crippen molar-refractivity contribution in [3.8, 4) is 0 Å². The summed E-state index contributed by atoms with van der Waals surface area (Å²) in [5, 5.41) is 2.99. The highest BCUT2D eigenvalue weighted by molar-refractivity contribution is 5.56. The molecule has 1 fully saturated rings. The normalized spacial score (nSPS) is 17.4. The summed E-state index contributed by atoms with van der Waals surface area (Å²) in [6, 6.07) is 3.00. The predicted molar refractivity (Wildman–Crippen MR) is 56.8 cm³/mol. The molecule has 5 heteroatoms. The number of nitrogens with one attached hydrogen (secondary N) is 1. The Bertz CT molecular complexity index is 433. The van der Waals surface area contributed by atoms with E-state index in [1.807, 2.05) is 0 Å². The van der Waals surface area contributed by atoms with Crippen molar-refractivity contribution in [2.45, 2.75) is 6.18 Å². The Hall–Kier alpha value is -1.36. The van der Waals surface area contributed by atoms with E-state index in [0.29, 0.717) is 0 Å². The molecule has 0 saturated carbocycles. The summed E-state index contributed by atoms with van der Waals surface area (Å²) < 4.78 is 51.3. The lowest BCUT2D eigenvalue weighted by Crippen LogP contribution is -2.40. The van der Waals surface area contributed by atoms with Crippen LogP contribution in [0.3, 0.4) is 0 Å². The molecule has 0 atom stereocenters. The van der Waals surface area contributed by atoms with Crippen LogP contribution in [-0.2, 0) is 6.18 Å². The Morgan fingerprint density at radius 1 is 1.24 bits per heavy atom. The van der Waals surface area contributed by atoms with Gasteiger partial charge in [0.05, 0.1) is 5.56 Å².